The Morgan fingerprint density at radius 2 is 1.65 bits per heavy atom. The third-order valence-corrected chi connectivity index (χ3v) is 3.16. The van der Waals surface area contributed by atoms with E-state index in [2.05, 4.69) is 0 Å². The molecule has 1 atom stereocenters. The number of aliphatic hydroxyl groups is 1. The summed E-state index contributed by atoms with van der Waals surface area (Å²) in [4.78, 5) is 0. The first-order valence-electron chi connectivity index (χ1n) is 6.01. The second kappa shape index (κ2) is 6.29. The molecule has 2 aromatic carbocycles. The van der Waals surface area contributed by atoms with Crippen molar-refractivity contribution in [3.63, 3.8) is 0 Å². The third-order valence-electron chi connectivity index (χ3n) is 2.93. The highest BCUT2D eigenvalue weighted by Gasteiger charge is 2.12. The van der Waals surface area contributed by atoms with E-state index >= 15 is 0 Å². The van der Waals surface area contributed by atoms with Gasteiger partial charge >= 0.3 is 0 Å². The van der Waals surface area contributed by atoms with Crippen LogP contribution in [0.3, 0.4) is 0 Å². The lowest BCUT2D eigenvalue weighted by molar-refractivity contribution is 0.174. The largest absolute Gasteiger partial charge is 0.392 e. The van der Waals surface area contributed by atoms with E-state index in [4.69, 9.17) is 11.6 Å². The Morgan fingerprint density at radius 1 is 0.900 bits per heavy atom. The summed E-state index contributed by atoms with van der Waals surface area (Å²) in [6.45, 7) is 0. The highest BCUT2D eigenvalue weighted by Crippen LogP contribution is 2.18. The van der Waals surface area contributed by atoms with Crippen LogP contribution in [0.15, 0.2) is 36.4 Å². The quantitative estimate of drug-likeness (QED) is 0.908. The second-order valence-electron chi connectivity index (χ2n) is 4.55. The van der Waals surface area contributed by atoms with Gasteiger partial charge in [0.25, 0.3) is 0 Å². The van der Waals surface area contributed by atoms with Crippen LogP contribution < -0.4 is 0 Å². The molecule has 5 heteroatoms. The Balaban J connectivity index is 2.04. The van der Waals surface area contributed by atoms with Crippen LogP contribution in [-0.4, -0.2) is 11.2 Å². The van der Waals surface area contributed by atoms with Crippen LogP contribution in [0.2, 0.25) is 5.02 Å². The molecule has 1 N–H and O–H groups in total. The maximum Gasteiger partial charge on any atom is 0.159 e. The minimum absolute atomic E-state index is 0.0714. The van der Waals surface area contributed by atoms with Crippen LogP contribution in [0, 0.1) is 17.5 Å². The van der Waals surface area contributed by atoms with Crippen LogP contribution in [0.4, 0.5) is 13.2 Å². The van der Waals surface area contributed by atoms with E-state index in [0.717, 1.165) is 12.1 Å². The predicted octanol–water partition coefficient (Wildman–Crippen LogP) is 3.90. The lowest BCUT2D eigenvalue weighted by Gasteiger charge is -2.12. The average molecular weight is 301 g/mol. The van der Waals surface area contributed by atoms with Crippen LogP contribution in [0.5, 0.6) is 0 Å². The van der Waals surface area contributed by atoms with Crippen LogP contribution >= 0.6 is 11.6 Å². The van der Waals surface area contributed by atoms with Gasteiger partial charge in [-0.1, -0.05) is 23.7 Å². The van der Waals surface area contributed by atoms with Crippen LogP contribution in [0.25, 0.3) is 0 Å². The molecule has 0 aliphatic heterocycles. The first-order chi connectivity index (χ1) is 9.45. The summed E-state index contributed by atoms with van der Waals surface area (Å²) in [5, 5.41) is 10.2. The smallest absolute Gasteiger partial charge is 0.159 e. The highest BCUT2D eigenvalue weighted by atomic mass is 35.5. The van der Waals surface area contributed by atoms with Crippen molar-refractivity contribution in [1.29, 1.82) is 0 Å². The van der Waals surface area contributed by atoms with Crippen molar-refractivity contribution in [3.05, 3.63) is 70.0 Å². The molecule has 0 saturated carbocycles. The summed E-state index contributed by atoms with van der Waals surface area (Å²) >= 11 is 5.64. The summed E-state index contributed by atoms with van der Waals surface area (Å²) in [7, 11) is 0. The van der Waals surface area contributed by atoms with Crippen molar-refractivity contribution in [2.24, 2.45) is 0 Å². The van der Waals surface area contributed by atoms with Crippen molar-refractivity contribution >= 4 is 11.6 Å². The Bertz CT molecular complexity index is 616. The first-order valence-corrected chi connectivity index (χ1v) is 6.39. The number of rotatable bonds is 4. The van der Waals surface area contributed by atoms with Gasteiger partial charge in [0.2, 0.25) is 0 Å². The van der Waals surface area contributed by atoms with Gasteiger partial charge in [0.1, 0.15) is 5.82 Å². The molecule has 0 fully saturated rings. The van der Waals surface area contributed by atoms with Gasteiger partial charge < -0.3 is 5.11 Å². The summed E-state index contributed by atoms with van der Waals surface area (Å²) in [5.41, 5.74) is 0.773. The zero-order valence-corrected chi connectivity index (χ0v) is 11.2. The number of hydrogen-bond acceptors (Lipinski definition) is 1. The Kier molecular flexibility index (Phi) is 4.68. The van der Waals surface area contributed by atoms with Gasteiger partial charge in [0.05, 0.1) is 6.10 Å². The molecule has 0 spiro atoms. The molecule has 0 heterocycles. The van der Waals surface area contributed by atoms with Crippen LogP contribution in [-0.2, 0) is 12.8 Å². The van der Waals surface area contributed by atoms with Gasteiger partial charge in [-0.05, 0) is 41.8 Å². The van der Waals surface area contributed by atoms with Crippen molar-refractivity contribution in [2.75, 3.05) is 0 Å². The normalized spacial score (nSPS) is 12.4. The molecule has 2 aromatic rings. The molecular formula is C15H12ClF3O. The molecule has 0 radical (unpaired) electrons. The standard InChI is InChI=1S/C15H12ClF3O/c16-11-3-2-10(14(18)8-11)7-12(20)5-9-1-4-13(17)15(19)6-9/h1-4,6,8,12,20H,5,7H2. The van der Waals surface area contributed by atoms with Gasteiger partial charge in [0, 0.05) is 11.4 Å². The summed E-state index contributed by atoms with van der Waals surface area (Å²) in [6.07, 6.45) is -0.711. The SMILES string of the molecule is OC(Cc1ccc(F)c(F)c1)Cc1ccc(Cl)cc1F. The maximum absolute atomic E-state index is 13.6. The Hall–Kier alpha value is -1.52. The van der Waals surface area contributed by atoms with E-state index in [9.17, 15) is 18.3 Å². The monoisotopic (exact) mass is 300 g/mol. The molecule has 0 saturated heterocycles. The molecule has 0 amide bonds. The zero-order valence-electron chi connectivity index (χ0n) is 10.4. The van der Waals surface area contributed by atoms with Gasteiger partial charge in [0.15, 0.2) is 11.6 Å². The summed E-state index contributed by atoms with van der Waals surface area (Å²) in [5.74, 6) is -2.40. The van der Waals surface area contributed by atoms with Gasteiger partial charge in [-0.3, -0.25) is 0 Å². The lowest BCUT2D eigenvalue weighted by atomic mass is 10.0. The van der Waals surface area contributed by atoms with Crippen molar-refractivity contribution in [1.82, 2.24) is 0 Å². The molecule has 1 nitrogen and oxygen atoms in total. The van der Waals surface area contributed by atoms with Crippen LogP contribution in [0.1, 0.15) is 11.1 Å². The van der Waals surface area contributed by atoms with Crippen molar-refractivity contribution in [3.8, 4) is 0 Å². The molecule has 1 unspecified atom stereocenters. The van der Waals surface area contributed by atoms with E-state index in [-0.39, 0.29) is 17.9 Å². The molecule has 0 aliphatic carbocycles. The van der Waals surface area contributed by atoms with Crippen molar-refractivity contribution < 1.29 is 18.3 Å². The fourth-order valence-electron chi connectivity index (χ4n) is 1.95. The zero-order chi connectivity index (χ0) is 14.7. The maximum atomic E-state index is 13.6. The minimum atomic E-state index is -0.965. The molecule has 106 valence electrons. The van der Waals surface area contributed by atoms with Gasteiger partial charge in [-0.25, -0.2) is 13.2 Å². The van der Waals surface area contributed by atoms with Crippen molar-refractivity contribution in [2.45, 2.75) is 18.9 Å². The molecule has 0 bridgehead atoms. The van der Waals surface area contributed by atoms with E-state index in [0.29, 0.717) is 11.1 Å². The summed E-state index contributed by atoms with van der Waals surface area (Å²) in [6, 6.07) is 7.61. The Labute approximate surface area is 119 Å². The molecular weight excluding hydrogens is 289 g/mol. The van der Waals surface area contributed by atoms with Gasteiger partial charge in [-0.15, -0.1) is 0 Å². The van der Waals surface area contributed by atoms with E-state index in [1.165, 1.54) is 24.3 Å². The fourth-order valence-corrected chi connectivity index (χ4v) is 2.11. The van der Waals surface area contributed by atoms with E-state index in [1.807, 2.05) is 0 Å². The third kappa shape index (κ3) is 3.74. The lowest BCUT2D eigenvalue weighted by Crippen LogP contribution is -2.15. The Morgan fingerprint density at radius 3 is 2.30 bits per heavy atom. The average Bonchev–Trinajstić information content (AvgIpc) is 2.37. The number of halogens is 4. The molecule has 2 rings (SSSR count). The van der Waals surface area contributed by atoms with E-state index < -0.39 is 23.6 Å². The van der Waals surface area contributed by atoms with E-state index in [1.54, 1.807) is 0 Å². The predicted molar refractivity (Wildman–Crippen MR) is 71.2 cm³/mol. The summed E-state index contributed by atoms with van der Waals surface area (Å²) < 4.78 is 39.4. The number of aliphatic hydroxyl groups excluding tert-OH is 1. The fraction of sp³-hybridized carbons (Fsp3) is 0.200. The minimum Gasteiger partial charge on any atom is -0.392 e. The topological polar surface area (TPSA) is 20.2 Å². The number of hydrogen-bond donors (Lipinski definition) is 1. The second-order valence-corrected chi connectivity index (χ2v) is 4.98. The first kappa shape index (κ1) is 14.9. The van der Waals surface area contributed by atoms with Gasteiger partial charge in [-0.2, -0.15) is 0 Å². The number of benzene rings is 2. The molecule has 20 heavy (non-hydrogen) atoms. The molecule has 0 aliphatic rings. The molecule has 0 aromatic heterocycles. The highest BCUT2D eigenvalue weighted by molar-refractivity contribution is 6.30.